The molecule has 0 radical (unpaired) electrons. The number of hydrogen-bond acceptors (Lipinski definition) is 15. The number of ether oxygens (including phenoxy) is 5. The summed E-state index contributed by atoms with van der Waals surface area (Å²) in [5, 5.41) is 19.6. The summed E-state index contributed by atoms with van der Waals surface area (Å²) in [6.07, 6.45) is -2.44. The topological polar surface area (TPSA) is 245 Å². The van der Waals surface area contributed by atoms with Crippen molar-refractivity contribution in [2.24, 2.45) is 0 Å². The van der Waals surface area contributed by atoms with Crippen LogP contribution in [0.25, 0.3) is 5.52 Å². The number of nitrogens with two attached hydrogens (primary N) is 1. The molecule has 0 aromatic carbocycles. The zero-order valence-corrected chi connectivity index (χ0v) is 26.9. The second-order valence-electron chi connectivity index (χ2n) is 9.51. The zero-order valence-electron chi connectivity index (χ0n) is 26.0. The maximum absolute atomic E-state index is 14.0. The number of nitrogen functional groups attached to an aromatic ring is 1. The van der Waals surface area contributed by atoms with Gasteiger partial charge in [0.25, 0.3) is 0 Å². The van der Waals surface area contributed by atoms with E-state index >= 15 is 0 Å². The molecule has 0 amide bonds. The van der Waals surface area contributed by atoms with E-state index in [9.17, 15) is 29.0 Å². The van der Waals surface area contributed by atoms with Crippen LogP contribution in [0.5, 0.6) is 0 Å². The fraction of sp³-hybridized carbons (Fsp3) is 0.577. The van der Waals surface area contributed by atoms with Gasteiger partial charge in [0.1, 0.15) is 36.6 Å². The highest BCUT2D eigenvalue weighted by atomic mass is 31.2. The summed E-state index contributed by atoms with van der Waals surface area (Å²) < 4.78 is 47.4. The molecule has 0 aliphatic carbocycles. The number of fused-ring (bicyclic) bond motifs is 1. The summed E-state index contributed by atoms with van der Waals surface area (Å²) in [7, 11) is -1.15. The van der Waals surface area contributed by atoms with E-state index in [1.807, 2.05) is 6.07 Å². The molecule has 19 heteroatoms. The maximum atomic E-state index is 14.0. The number of rotatable bonds is 17. The van der Waals surface area contributed by atoms with Crippen LogP contribution < -0.4 is 15.9 Å². The molecule has 2 rings (SSSR count). The van der Waals surface area contributed by atoms with Crippen molar-refractivity contribution < 1.29 is 52.0 Å². The molecule has 248 valence electrons. The molecule has 18 nitrogen and oxygen atoms in total. The first-order valence-electron chi connectivity index (χ1n) is 13.6. The van der Waals surface area contributed by atoms with Gasteiger partial charge in [-0.1, -0.05) is 13.8 Å². The van der Waals surface area contributed by atoms with Gasteiger partial charge in [0, 0.05) is 20.0 Å². The van der Waals surface area contributed by atoms with E-state index in [-0.39, 0.29) is 24.4 Å². The molecule has 0 unspecified atom stereocenters. The van der Waals surface area contributed by atoms with Crippen molar-refractivity contribution >= 4 is 42.9 Å². The first kappa shape index (κ1) is 37.0. The molecule has 2 heterocycles. The quantitative estimate of drug-likeness (QED) is 0.122. The summed E-state index contributed by atoms with van der Waals surface area (Å²) in [4.78, 5) is 53.7. The molecule has 5 atom stereocenters. The average molecular weight is 656 g/mol. The molecule has 0 saturated carbocycles. The molecule has 0 aliphatic heterocycles. The third-order valence-corrected chi connectivity index (χ3v) is 8.43. The number of carbonyl (C=O) groups excluding carboxylic acids is 4. The molecular weight excluding hydrogens is 617 g/mol. The van der Waals surface area contributed by atoms with Gasteiger partial charge in [0.15, 0.2) is 18.0 Å². The van der Waals surface area contributed by atoms with Crippen molar-refractivity contribution in [2.45, 2.75) is 70.4 Å². The minimum Gasteiger partial charge on any atom is -0.468 e. The van der Waals surface area contributed by atoms with E-state index in [1.54, 1.807) is 0 Å². The second-order valence-corrected chi connectivity index (χ2v) is 11.4. The van der Waals surface area contributed by atoms with Crippen LogP contribution >= 0.6 is 7.67 Å². The van der Waals surface area contributed by atoms with Gasteiger partial charge in [0.2, 0.25) is 5.60 Å². The van der Waals surface area contributed by atoms with E-state index in [4.69, 9.17) is 24.5 Å². The minimum atomic E-state index is -4.46. The van der Waals surface area contributed by atoms with E-state index in [0.717, 1.165) is 27.7 Å². The first-order chi connectivity index (χ1) is 21.2. The Hall–Kier alpha value is -4.14. The van der Waals surface area contributed by atoms with E-state index < -0.39 is 68.0 Å². The molecular formula is C26H38N7O11P. The number of nitrogens with zero attached hydrogens (tertiary/aromatic N) is 4. The Balaban J connectivity index is 2.71. The van der Waals surface area contributed by atoms with Gasteiger partial charge < -0.3 is 33.9 Å². The highest BCUT2D eigenvalue weighted by Crippen LogP contribution is 2.43. The Labute approximate surface area is 259 Å². The van der Waals surface area contributed by atoms with Gasteiger partial charge in [-0.25, -0.2) is 19.7 Å². The molecule has 2 aromatic rings. The third-order valence-electron chi connectivity index (χ3n) is 6.48. The second kappa shape index (κ2) is 16.3. The Kier molecular flexibility index (Phi) is 13.4. The number of esters is 4. The van der Waals surface area contributed by atoms with Crippen molar-refractivity contribution in [1.82, 2.24) is 24.8 Å². The van der Waals surface area contributed by atoms with Crippen LogP contribution in [0.2, 0.25) is 0 Å². The maximum Gasteiger partial charge on any atom is 0.342 e. The van der Waals surface area contributed by atoms with Crippen LogP contribution in [0, 0.1) is 11.3 Å². The molecule has 0 spiro atoms. The lowest BCUT2D eigenvalue weighted by Crippen LogP contribution is -2.54. The van der Waals surface area contributed by atoms with Crippen LogP contribution in [-0.2, 0) is 52.0 Å². The van der Waals surface area contributed by atoms with Crippen molar-refractivity contribution in [3.05, 3.63) is 24.2 Å². The molecule has 0 fully saturated rings. The Morgan fingerprint density at radius 1 is 1.02 bits per heavy atom. The molecule has 0 saturated heterocycles. The van der Waals surface area contributed by atoms with Gasteiger partial charge >= 0.3 is 31.5 Å². The van der Waals surface area contributed by atoms with E-state index in [1.165, 1.54) is 44.3 Å². The van der Waals surface area contributed by atoms with Crippen molar-refractivity contribution in [3.63, 3.8) is 0 Å². The van der Waals surface area contributed by atoms with E-state index in [0.29, 0.717) is 5.52 Å². The fourth-order valence-electron chi connectivity index (χ4n) is 3.98. The highest BCUT2D eigenvalue weighted by Gasteiger charge is 2.52. The molecule has 0 bridgehead atoms. The van der Waals surface area contributed by atoms with Crippen molar-refractivity contribution in [3.8, 4) is 6.07 Å². The van der Waals surface area contributed by atoms with Crippen LogP contribution in [0.1, 0.15) is 52.3 Å². The normalized spacial score (nSPS) is 15.5. The molecule has 2 aromatic heterocycles. The lowest BCUT2D eigenvalue weighted by molar-refractivity contribution is -0.193. The van der Waals surface area contributed by atoms with Gasteiger partial charge in [-0.05, 0) is 26.0 Å². The number of carbonyl (C=O) groups is 4. The summed E-state index contributed by atoms with van der Waals surface area (Å²) in [5.74, 6) is -3.13. The van der Waals surface area contributed by atoms with Gasteiger partial charge in [0.05, 0.1) is 19.9 Å². The number of hydrogen-bond donors (Lipinski definition) is 3. The summed E-state index contributed by atoms with van der Waals surface area (Å²) >= 11 is 0. The molecule has 45 heavy (non-hydrogen) atoms. The molecule has 0 aliphatic rings. The van der Waals surface area contributed by atoms with E-state index in [2.05, 4.69) is 29.7 Å². The van der Waals surface area contributed by atoms with Gasteiger partial charge in [-0.2, -0.15) is 10.4 Å². The van der Waals surface area contributed by atoms with Gasteiger partial charge in [-0.3, -0.25) is 23.7 Å². The largest absolute Gasteiger partial charge is 0.468 e. The molecule has 4 N–H and O–H groups in total. The summed E-state index contributed by atoms with van der Waals surface area (Å²) in [6, 6.07) is 2.42. The average Bonchev–Trinajstić information content (AvgIpc) is 3.47. The Bertz CT molecular complexity index is 1430. The first-order valence-corrected chi connectivity index (χ1v) is 15.3. The monoisotopic (exact) mass is 655 g/mol. The number of nitrogens with one attached hydrogen (secondary N) is 2. The van der Waals surface area contributed by atoms with Crippen molar-refractivity contribution in [1.29, 1.82) is 5.26 Å². The Morgan fingerprint density at radius 2 is 1.58 bits per heavy atom. The van der Waals surface area contributed by atoms with Crippen LogP contribution in [0.3, 0.4) is 0 Å². The zero-order chi connectivity index (χ0) is 33.9. The third kappa shape index (κ3) is 8.96. The predicted octanol–water partition coefficient (Wildman–Crippen LogP) is 0.963. The van der Waals surface area contributed by atoms with Crippen LogP contribution in [0.4, 0.5) is 5.82 Å². The number of nitriles is 1. The van der Waals surface area contributed by atoms with Crippen LogP contribution in [-0.4, -0.2) is 90.2 Å². The minimum absolute atomic E-state index is 0.0816. The smallest absolute Gasteiger partial charge is 0.342 e. The number of methoxy groups -OCH3 is 3. The highest BCUT2D eigenvalue weighted by molar-refractivity contribution is 7.54. The van der Waals surface area contributed by atoms with Crippen LogP contribution in [0.15, 0.2) is 18.5 Å². The summed E-state index contributed by atoms with van der Waals surface area (Å²) in [5.41, 5.74) is 4.07. The Morgan fingerprint density at radius 3 is 2.07 bits per heavy atom. The van der Waals surface area contributed by atoms with Crippen molar-refractivity contribution in [2.75, 3.05) is 33.7 Å². The predicted molar refractivity (Wildman–Crippen MR) is 155 cm³/mol. The lowest BCUT2D eigenvalue weighted by atomic mass is 9.92. The van der Waals surface area contributed by atoms with Gasteiger partial charge in [-0.15, -0.1) is 0 Å². The lowest BCUT2D eigenvalue weighted by Gasteiger charge is -2.38. The SMILES string of the molecule is CCC(=O)O[C@@H](c1ccc2c(N)ncnn12)[C@H](OC(=O)CC)[C@@](C#N)(COP(=O)(N[C@@H](C)C(=O)OC)N[C@@H](C)C(=O)OC)OC. The standard InChI is InChI=1S/C26H38N7O11P/c1-8-19(34)43-21(17-10-11-18-23(28)29-14-30-33(17)18)22(44-20(35)9-2)26(12-27,41-7)13-42-45(38,31-15(3)24(36)39-5)32-16(4)25(37)40-6/h10-11,14-16,21-22H,8-9,13H2,1-7H3,(H2,28,29,30)(H2,31,32,38)/t15-,16-,21-,22-,26+/m0/s1. The summed E-state index contributed by atoms with van der Waals surface area (Å²) in [6.45, 7) is 4.73. The fourth-order valence-corrected chi connectivity index (χ4v) is 5.81. The number of anilines is 1. The number of aromatic nitrogens is 3.